The van der Waals surface area contributed by atoms with Gasteiger partial charge in [-0.3, -0.25) is 0 Å². The molecule has 6 heteroatoms. The van der Waals surface area contributed by atoms with Crippen LogP contribution in [0.25, 0.3) is 0 Å². The fourth-order valence-electron chi connectivity index (χ4n) is 0.985. The van der Waals surface area contributed by atoms with E-state index >= 15 is 0 Å². The van der Waals surface area contributed by atoms with Crippen molar-refractivity contribution < 1.29 is 13.6 Å². The van der Waals surface area contributed by atoms with Crippen LogP contribution in [0.4, 0.5) is 0 Å². The van der Waals surface area contributed by atoms with Crippen LogP contribution in [0.5, 0.6) is 0 Å². The first-order valence-electron chi connectivity index (χ1n) is 5.51. The van der Waals surface area contributed by atoms with Crippen molar-refractivity contribution in [1.82, 2.24) is 0 Å². The Kier molecular flexibility index (Phi) is 6.36. The molecule has 0 heterocycles. The number of methoxy groups -OCH3 is 1. The van der Waals surface area contributed by atoms with E-state index in [0.717, 1.165) is 0 Å². The minimum absolute atomic E-state index is 0.453. The third-order valence-corrected chi connectivity index (χ3v) is 3.28. The molecule has 100 valence electrons. The van der Waals surface area contributed by atoms with E-state index in [9.17, 15) is 0 Å². The molecule has 0 unspecified atom stereocenters. The number of halogens is 1. The second kappa shape index (κ2) is 6.51. The topological polar surface area (TPSA) is 27.7 Å². The van der Waals surface area contributed by atoms with Crippen LogP contribution in [0.3, 0.4) is 0 Å². The zero-order valence-corrected chi connectivity index (χ0v) is 14.5. The third kappa shape index (κ3) is 9.32. The average Bonchev–Trinajstić information content (AvgIpc) is 2.11. The van der Waals surface area contributed by atoms with Crippen LogP contribution in [0.15, 0.2) is 23.3 Å². The summed E-state index contributed by atoms with van der Waals surface area (Å²) in [5.41, 5.74) is 1.41. The smallest absolute Gasteiger partial charge is 0.268 e. The maximum Gasteiger partial charge on any atom is 0.268 e. The van der Waals surface area contributed by atoms with Gasteiger partial charge in [0.1, 0.15) is 5.76 Å². The highest BCUT2D eigenvalue weighted by atomic mass is 35.5. The van der Waals surface area contributed by atoms with Gasteiger partial charge >= 0.3 is 0 Å². The third-order valence-electron chi connectivity index (χ3n) is 1.40. The van der Waals surface area contributed by atoms with Crippen molar-refractivity contribution in [3.05, 3.63) is 23.3 Å². The normalized spacial score (nSPS) is 14.6. The molecule has 0 fully saturated rings. The first-order chi connectivity index (χ1) is 7.57. The lowest BCUT2D eigenvalue weighted by Gasteiger charge is -2.23. The lowest BCUT2D eigenvalue weighted by Crippen LogP contribution is -2.26. The maximum atomic E-state index is 5.78. The maximum absolute atomic E-state index is 5.78. The molecule has 0 aromatic carbocycles. The van der Waals surface area contributed by atoms with E-state index in [1.807, 2.05) is 0 Å². The number of hydrogen-bond donors (Lipinski definition) is 0. The molecule has 0 N–H and O–H groups in total. The molecular formula is C11H23ClO3Si2. The standard InChI is InChI=1S/C11H23ClO3Si2/c1-13-11(15-17(5,6)7)8-10(9-12)14-16(2,3)4/h8-9H,1-7H3/b10-9-,11-8?. The van der Waals surface area contributed by atoms with Gasteiger partial charge in [-0.05, 0) is 39.3 Å². The average molecular weight is 295 g/mol. The van der Waals surface area contributed by atoms with Crippen LogP contribution in [0.2, 0.25) is 39.3 Å². The molecule has 0 aromatic heterocycles. The summed E-state index contributed by atoms with van der Waals surface area (Å²) in [6.45, 7) is 12.5. The summed E-state index contributed by atoms with van der Waals surface area (Å²) in [6, 6.07) is 0. The van der Waals surface area contributed by atoms with Crippen LogP contribution in [-0.4, -0.2) is 23.7 Å². The van der Waals surface area contributed by atoms with Crippen LogP contribution in [-0.2, 0) is 13.6 Å². The highest BCUT2D eigenvalue weighted by Gasteiger charge is 2.20. The Bertz CT molecular complexity index is 301. The summed E-state index contributed by atoms with van der Waals surface area (Å²) in [6.07, 6.45) is 1.70. The zero-order valence-electron chi connectivity index (χ0n) is 11.8. The molecule has 3 nitrogen and oxygen atoms in total. The van der Waals surface area contributed by atoms with Crippen LogP contribution < -0.4 is 0 Å². The molecule has 0 aliphatic carbocycles. The van der Waals surface area contributed by atoms with Crippen molar-refractivity contribution in [2.75, 3.05) is 7.11 Å². The highest BCUT2D eigenvalue weighted by molar-refractivity contribution is 6.70. The monoisotopic (exact) mass is 294 g/mol. The molecule has 0 atom stereocenters. The quantitative estimate of drug-likeness (QED) is 0.416. The fraction of sp³-hybridized carbons (Fsp3) is 0.636. The molecular weight excluding hydrogens is 272 g/mol. The van der Waals surface area contributed by atoms with Gasteiger partial charge in [0.25, 0.3) is 5.95 Å². The van der Waals surface area contributed by atoms with E-state index in [0.29, 0.717) is 11.7 Å². The van der Waals surface area contributed by atoms with Gasteiger partial charge in [-0.1, -0.05) is 11.6 Å². The van der Waals surface area contributed by atoms with Crippen molar-refractivity contribution >= 4 is 28.2 Å². The van der Waals surface area contributed by atoms with E-state index in [4.69, 9.17) is 25.2 Å². The van der Waals surface area contributed by atoms with Crippen molar-refractivity contribution in [3.63, 3.8) is 0 Å². The van der Waals surface area contributed by atoms with Gasteiger partial charge in [0.15, 0.2) is 0 Å². The largest absolute Gasteiger partial charge is 0.544 e. The SMILES string of the molecule is COC(=C/C(=C/Cl)O[Si](C)(C)C)O[Si](C)(C)C. The molecule has 0 saturated carbocycles. The van der Waals surface area contributed by atoms with Gasteiger partial charge in [0.05, 0.1) is 13.2 Å². The number of ether oxygens (including phenoxy) is 1. The molecule has 0 aromatic rings. The zero-order chi connectivity index (χ0) is 13.7. The minimum atomic E-state index is -1.69. The Morgan fingerprint density at radius 2 is 1.41 bits per heavy atom. The number of allylic oxidation sites excluding steroid dienone is 1. The van der Waals surface area contributed by atoms with Crippen molar-refractivity contribution in [3.8, 4) is 0 Å². The Morgan fingerprint density at radius 3 is 1.71 bits per heavy atom. The van der Waals surface area contributed by atoms with Crippen molar-refractivity contribution in [1.29, 1.82) is 0 Å². The summed E-state index contributed by atoms with van der Waals surface area (Å²) in [5.74, 6) is 1.04. The summed E-state index contributed by atoms with van der Waals surface area (Å²) >= 11 is 5.74. The summed E-state index contributed by atoms with van der Waals surface area (Å²) in [4.78, 5) is 0. The van der Waals surface area contributed by atoms with Crippen LogP contribution in [0, 0.1) is 0 Å². The van der Waals surface area contributed by atoms with E-state index in [1.54, 1.807) is 13.2 Å². The van der Waals surface area contributed by atoms with Gasteiger partial charge in [-0.25, -0.2) is 0 Å². The van der Waals surface area contributed by atoms with E-state index < -0.39 is 16.6 Å². The predicted molar refractivity (Wildman–Crippen MR) is 77.9 cm³/mol. The van der Waals surface area contributed by atoms with E-state index in [2.05, 4.69) is 39.3 Å². The predicted octanol–water partition coefficient (Wildman–Crippen LogP) is 4.26. The summed E-state index contributed by atoms with van der Waals surface area (Å²) < 4.78 is 16.7. The molecule has 0 amide bonds. The van der Waals surface area contributed by atoms with Crippen molar-refractivity contribution in [2.45, 2.75) is 39.3 Å². The first-order valence-corrected chi connectivity index (χ1v) is 12.8. The molecule has 0 aliphatic rings. The number of rotatable bonds is 6. The molecule has 17 heavy (non-hydrogen) atoms. The van der Waals surface area contributed by atoms with E-state index in [-0.39, 0.29) is 0 Å². The Balaban J connectivity index is 4.81. The van der Waals surface area contributed by atoms with Gasteiger partial charge in [-0.2, -0.15) is 0 Å². The Hall–Kier alpha value is -0.396. The van der Waals surface area contributed by atoms with E-state index in [1.165, 1.54) is 5.54 Å². The van der Waals surface area contributed by atoms with Gasteiger partial charge in [0, 0.05) is 5.54 Å². The van der Waals surface area contributed by atoms with Crippen LogP contribution in [0.1, 0.15) is 0 Å². The molecule has 0 saturated heterocycles. The van der Waals surface area contributed by atoms with Gasteiger partial charge < -0.3 is 13.6 Å². The molecule has 0 rings (SSSR count). The molecule has 0 spiro atoms. The Morgan fingerprint density at radius 1 is 0.941 bits per heavy atom. The molecule has 0 aliphatic heterocycles. The lowest BCUT2D eigenvalue weighted by atomic mass is 10.5. The van der Waals surface area contributed by atoms with Gasteiger partial charge in [0.2, 0.25) is 16.6 Å². The second-order valence-corrected chi connectivity index (χ2v) is 14.7. The second-order valence-electron chi connectivity index (χ2n) is 5.61. The summed E-state index contributed by atoms with van der Waals surface area (Å²) in [7, 11) is -1.79. The lowest BCUT2D eigenvalue weighted by molar-refractivity contribution is 0.145. The summed E-state index contributed by atoms with van der Waals surface area (Å²) in [5, 5.41) is 0. The molecule has 0 bridgehead atoms. The van der Waals surface area contributed by atoms with Crippen molar-refractivity contribution in [2.24, 2.45) is 0 Å². The van der Waals surface area contributed by atoms with Gasteiger partial charge in [-0.15, -0.1) is 0 Å². The molecule has 0 radical (unpaired) electrons. The highest BCUT2D eigenvalue weighted by Crippen LogP contribution is 2.17. The van der Waals surface area contributed by atoms with Crippen LogP contribution >= 0.6 is 11.6 Å². The first kappa shape index (κ1) is 16.6. The fourth-order valence-corrected chi connectivity index (χ4v) is 2.74. The minimum Gasteiger partial charge on any atom is -0.544 e. The Labute approximate surface area is 112 Å². The number of hydrogen-bond acceptors (Lipinski definition) is 3.